The van der Waals surface area contributed by atoms with Gasteiger partial charge in [-0.25, -0.2) is 0 Å². The molecule has 1 aliphatic heterocycles. The van der Waals surface area contributed by atoms with E-state index in [2.05, 4.69) is 12.2 Å². The van der Waals surface area contributed by atoms with Crippen molar-refractivity contribution in [2.24, 2.45) is 0 Å². The van der Waals surface area contributed by atoms with Gasteiger partial charge in [0.1, 0.15) is 13.2 Å². The number of likely N-dealkylation sites (N-methyl/N-ethyl adjacent to an activating group) is 1. The van der Waals surface area contributed by atoms with Gasteiger partial charge >= 0.3 is 0 Å². The van der Waals surface area contributed by atoms with E-state index in [9.17, 15) is 5.11 Å². The maximum Gasteiger partial charge on any atom is 0.161 e. The summed E-state index contributed by atoms with van der Waals surface area (Å²) < 4.78 is 11.0. The lowest BCUT2D eigenvalue weighted by molar-refractivity contribution is 0.125. The summed E-state index contributed by atoms with van der Waals surface area (Å²) in [5, 5.41) is 13.6. The summed E-state index contributed by atoms with van der Waals surface area (Å²) in [4.78, 5) is 0. The van der Waals surface area contributed by atoms with Crippen LogP contribution in [0.5, 0.6) is 11.5 Å². The Kier molecular flexibility index (Phi) is 4.44. The molecule has 0 fully saturated rings. The second-order valence-corrected chi connectivity index (χ2v) is 4.42. The molecule has 0 saturated carbocycles. The first-order valence-corrected chi connectivity index (χ1v) is 6.57. The standard InChI is InChI=1S/C14H21NO3/c1-3-11(15-4-2)14(16)10-5-6-12-13(9-10)18-8-7-17-12/h5-6,9,11,14-16H,3-4,7-8H2,1-2H3. The maximum absolute atomic E-state index is 10.4. The molecule has 4 nitrogen and oxygen atoms in total. The fourth-order valence-electron chi connectivity index (χ4n) is 2.22. The third-order valence-electron chi connectivity index (χ3n) is 3.20. The molecule has 2 unspecified atom stereocenters. The van der Waals surface area contributed by atoms with Crippen molar-refractivity contribution in [2.45, 2.75) is 32.4 Å². The average molecular weight is 251 g/mol. The van der Waals surface area contributed by atoms with Crippen molar-refractivity contribution in [2.75, 3.05) is 19.8 Å². The molecule has 1 heterocycles. The summed E-state index contributed by atoms with van der Waals surface area (Å²) >= 11 is 0. The van der Waals surface area contributed by atoms with E-state index in [0.29, 0.717) is 13.2 Å². The van der Waals surface area contributed by atoms with Crippen molar-refractivity contribution in [3.05, 3.63) is 23.8 Å². The lowest BCUT2D eigenvalue weighted by atomic mass is 9.99. The van der Waals surface area contributed by atoms with Gasteiger partial charge in [-0.2, -0.15) is 0 Å². The van der Waals surface area contributed by atoms with E-state index in [1.165, 1.54) is 0 Å². The molecule has 0 bridgehead atoms. The number of hydrogen-bond acceptors (Lipinski definition) is 4. The molecule has 1 aliphatic rings. The molecule has 1 aromatic rings. The number of fused-ring (bicyclic) bond motifs is 1. The van der Waals surface area contributed by atoms with Crippen molar-refractivity contribution in [1.29, 1.82) is 0 Å². The highest BCUT2D eigenvalue weighted by Crippen LogP contribution is 2.33. The largest absolute Gasteiger partial charge is 0.486 e. The Balaban J connectivity index is 2.17. The molecule has 0 aliphatic carbocycles. The zero-order valence-corrected chi connectivity index (χ0v) is 11.0. The van der Waals surface area contributed by atoms with Gasteiger partial charge in [-0.1, -0.05) is 19.9 Å². The molecule has 2 rings (SSSR count). The summed E-state index contributed by atoms with van der Waals surface area (Å²) in [6, 6.07) is 5.71. The van der Waals surface area contributed by atoms with E-state index in [-0.39, 0.29) is 6.04 Å². The Morgan fingerprint density at radius 2 is 1.94 bits per heavy atom. The van der Waals surface area contributed by atoms with Gasteiger partial charge in [-0.3, -0.25) is 0 Å². The van der Waals surface area contributed by atoms with Crippen LogP contribution in [-0.4, -0.2) is 30.9 Å². The number of benzene rings is 1. The molecule has 0 saturated heterocycles. The predicted molar refractivity (Wildman–Crippen MR) is 70.1 cm³/mol. The lowest BCUT2D eigenvalue weighted by Crippen LogP contribution is -2.34. The van der Waals surface area contributed by atoms with Crippen LogP contribution in [-0.2, 0) is 0 Å². The number of aliphatic hydroxyl groups excluding tert-OH is 1. The Bertz CT molecular complexity index is 395. The Labute approximate surface area is 108 Å². The van der Waals surface area contributed by atoms with Gasteiger partial charge in [0.05, 0.1) is 6.10 Å². The van der Waals surface area contributed by atoms with E-state index >= 15 is 0 Å². The molecule has 0 aromatic heterocycles. The van der Waals surface area contributed by atoms with Crippen molar-refractivity contribution in [3.63, 3.8) is 0 Å². The topological polar surface area (TPSA) is 50.7 Å². The highest BCUT2D eigenvalue weighted by Gasteiger charge is 2.21. The van der Waals surface area contributed by atoms with Gasteiger partial charge in [0.25, 0.3) is 0 Å². The van der Waals surface area contributed by atoms with Gasteiger partial charge in [0, 0.05) is 6.04 Å². The van der Waals surface area contributed by atoms with E-state index in [0.717, 1.165) is 30.0 Å². The van der Waals surface area contributed by atoms with Crippen LogP contribution in [0.4, 0.5) is 0 Å². The average Bonchev–Trinajstić information content (AvgIpc) is 2.43. The molecular formula is C14H21NO3. The first-order valence-electron chi connectivity index (χ1n) is 6.57. The highest BCUT2D eigenvalue weighted by atomic mass is 16.6. The van der Waals surface area contributed by atoms with Gasteiger partial charge in [0.15, 0.2) is 11.5 Å². The number of aliphatic hydroxyl groups is 1. The molecule has 1 aromatic carbocycles. The molecule has 2 N–H and O–H groups in total. The minimum atomic E-state index is -0.522. The number of nitrogens with one attached hydrogen (secondary N) is 1. The Hall–Kier alpha value is -1.26. The third kappa shape index (κ3) is 2.76. The second-order valence-electron chi connectivity index (χ2n) is 4.42. The molecule has 100 valence electrons. The molecular weight excluding hydrogens is 230 g/mol. The van der Waals surface area contributed by atoms with Gasteiger partial charge in [-0.05, 0) is 30.7 Å². The van der Waals surface area contributed by atoms with E-state index in [1.807, 2.05) is 25.1 Å². The Morgan fingerprint density at radius 1 is 1.22 bits per heavy atom. The van der Waals surface area contributed by atoms with Crippen molar-refractivity contribution < 1.29 is 14.6 Å². The summed E-state index contributed by atoms with van der Waals surface area (Å²) in [5.41, 5.74) is 0.868. The third-order valence-corrected chi connectivity index (χ3v) is 3.20. The zero-order valence-electron chi connectivity index (χ0n) is 11.0. The van der Waals surface area contributed by atoms with Crippen LogP contribution in [0.15, 0.2) is 18.2 Å². The van der Waals surface area contributed by atoms with Crippen LogP contribution >= 0.6 is 0 Å². The van der Waals surface area contributed by atoms with Gasteiger partial charge in [-0.15, -0.1) is 0 Å². The van der Waals surface area contributed by atoms with E-state index in [1.54, 1.807) is 0 Å². The predicted octanol–water partition coefficient (Wildman–Crippen LogP) is 1.88. The minimum absolute atomic E-state index is 0.0672. The van der Waals surface area contributed by atoms with Gasteiger partial charge in [0.2, 0.25) is 0 Å². The summed E-state index contributed by atoms with van der Waals surface area (Å²) in [7, 11) is 0. The first kappa shape index (κ1) is 13.2. The van der Waals surface area contributed by atoms with Crippen LogP contribution < -0.4 is 14.8 Å². The maximum atomic E-state index is 10.4. The number of hydrogen-bond donors (Lipinski definition) is 2. The lowest BCUT2D eigenvalue weighted by Gasteiger charge is -2.24. The van der Waals surface area contributed by atoms with Crippen LogP contribution in [0.25, 0.3) is 0 Å². The second kappa shape index (κ2) is 6.07. The summed E-state index contributed by atoms with van der Waals surface area (Å²) in [6.45, 7) is 6.11. The summed E-state index contributed by atoms with van der Waals surface area (Å²) in [6.07, 6.45) is 0.356. The van der Waals surface area contributed by atoms with E-state index < -0.39 is 6.10 Å². The van der Waals surface area contributed by atoms with Crippen molar-refractivity contribution >= 4 is 0 Å². The number of rotatable bonds is 5. The Morgan fingerprint density at radius 3 is 2.61 bits per heavy atom. The minimum Gasteiger partial charge on any atom is -0.486 e. The van der Waals surface area contributed by atoms with Crippen molar-refractivity contribution in [3.8, 4) is 11.5 Å². The molecule has 0 radical (unpaired) electrons. The normalized spacial score (nSPS) is 17.3. The molecule has 0 spiro atoms. The SMILES string of the molecule is CCNC(CC)C(O)c1ccc2c(c1)OCCO2. The fourth-order valence-corrected chi connectivity index (χ4v) is 2.22. The smallest absolute Gasteiger partial charge is 0.161 e. The molecule has 4 heteroatoms. The van der Waals surface area contributed by atoms with Crippen LogP contribution in [0, 0.1) is 0 Å². The number of ether oxygens (including phenoxy) is 2. The van der Waals surface area contributed by atoms with Crippen LogP contribution in [0.1, 0.15) is 31.9 Å². The monoisotopic (exact) mass is 251 g/mol. The zero-order chi connectivity index (χ0) is 13.0. The van der Waals surface area contributed by atoms with Gasteiger partial charge < -0.3 is 19.9 Å². The summed E-state index contributed by atoms with van der Waals surface area (Å²) in [5.74, 6) is 1.48. The quantitative estimate of drug-likeness (QED) is 0.839. The van der Waals surface area contributed by atoms with Crippen LogP contribution in [0.2, 0.25) is 0 Å². The fraction of sp³-hybridized carbons (Fsp3) is 0.571. The van der Waals surface area contributed by atoms with Crippen LogP contribution in [0.3, 0.4) is 0 Å². The highest BCUT2D eigenvalue weighted by molar-refractivity contribution is 5.44. The molecule has 18 heavy (non-hydrogen) atoms. The van der Waals surface area contributed by atoms with E-state index in [4.69, 9.17) is 9.47 Å². The van der Waals surface area contributed by atoms with Crippen molar-refractivity contribution in [1.82, 2.24) is 5.32 Å². The first-order chi connectivity index (χ1) is 8.76. The molecule has 0 amide bonds. The molecule has 2 atom stereocenters.